The van der Waals surface area contributed by atoms with Crippen LogP contribution in [0.4, 0.5) is 11.1 Å². The van der Waals surface area contributed by atoms with Gasteiger partial charge in [-0.15, -0.1) is 20.4 Å². The fourth-order valence-electron chi connectivity index (χ4n) is 1.38. The summed E-state index contributed by atoms with van der Waals surface area (Å²) in [7, 11) is 0. The highest BCUT2D eigenvalue weighted by Gasteiger charge is 2.13. The van der Waals surface area contributed by atoms with Crippen molar-refractivity contribution >= 4 is 51.8 Å². The van der Waals surface area contributed by atoms with E-state index in [0.717, 1.165) is 34.7 Å². The van der Waals surface area contributed by atoms with Crippen LogP contribution in [-0.4, -0.2) is 42.5 Å². The lowest BCUT2D eigenvalue weighted by atomic mass is 10.4. The summed E-state index contributed by atoms with van der Waals surface area (Å²) in [6, 6.07) is 0. The summed E-state index contributed by atoms with van der Waals surface area (Å²) < 4.78 is 2.02. The van der Waals surface area contributed by atoms with E-state index in [0.29, 0.717) is 10.3 Å². The van der Waals surface area contributed by atoms with Gasteiger partial charge in [0.15, 0.2) is 4.34 Å². The van der Waals surface area contributed by atoms with E-state index >= 15 is 0 Å². The van der Waals surface area contributed by atoms with E-state index in [-0.39, 0.29) is 17.6 Å². The first-order valence-electron chi connectivity index (χ1n) is 6.70. The number of rotatable bonds is 9. The van der Waals surface area contributed by atoms with Crippen LogP contribution >= 0.6 is 34.9 Å². The number of nitrogens with two attached hydrogens (primary N) is 2. The van der Waals surface area contributed by atoms with Gasteiger partial charge in [-0.3, -0.25) is 15.5 Å². The lowest BCUT2D eigenvalue weighted by Gasteiger charge is -2.02. The molecule has 0 saturated heterocycles. The van der Waals surface area contributed by atoms with Crippen LogP contribution in [-0.2, 0) is 4.79 Å². The Balaban J connectivity index is 1.79. The van der Waals surface area contributed by atoms with E-state index in [1.165, 1.54) is 16.0 Å². The molecule has 0 atom stereocenters. The van der Waals surface area contributed by atoms with Gasteiger partial charge < -0.3 is 5.84 Å². The van der Waals surface area contributed by atoms with Crippen molar-refractivity contribution in [3.05, 3.63) is 0 Å². The molecule has 0 aliphatic rings. The highest BCUT2D eigenvalue weighted by atomic mass is 32.2. The highest BCUT2D eigenvalue weighted by Crippen LogP contribution is 2.26. The van der Waals surface area contributed by atoms with Gasteiger partial charge in [0.1, 0.15) is 0 Å². The van der Waals surface area contributed by atoms with E-state index in [2.05, 4.69) is 38.1 Å². The van der Waals surface area contributed by atoms with Crippen LogP contribution in [0.15, 0.2) is 9.50 Å². The third-order valence-electron chi connectivity index (χ3n) is 2.50. The van der Waals surface area contributed by atoms with E-state index in [1.54, 1.807) is 11.8 Å². The van der Waals surface area contributed by atoms with Gasteiger partial charge in [-0.2, -0.15) is 0 Å². The fraction of sp³-hybridized carbons (Fsp3) is 0.500. The first-order valence-corrected chi connectivity index (χ1v) is 9.48. The molecule has 0 bridgehead atoms. The second-order valence-electron chi connectivity index (χ2n) is 4.23. The van der Waals surface area contributed by atoms with Gasteiger partial charge in [-0.05, 0) is 6.42 Å². The van der Waals surface area contributed by atoms with Crippen LogP contribution in [0.3, 0.4) is 0 Å². The van der Waals surface area contributed by atoms with Gasteiger partial charge in [0.25, 0.3) is 5.95 Å². The van der Waals surface area contributed by atoms with Crippen LogP contribution < -0.4 is 22.4 Å². The van der Waals surface area contributed by atoms with Crippen LogP contribution in [0, 0.1) is 0 Å². The zero-order chi connectivity index (χ0) is 16.7. The minimum absolute atomic E-state index is 0.123. The maximum atomic E-state index is 11.9. The van der Waals surface area contributed by atoms with Crippen molar-refractivity contribution in [3.8, 4) is 0 Å². The molecule has 0 spiro atoms. The average molecular weight is 376 g/mol. The first-order chi connectivity index (χ1) is 11.1. The first kappa shape index (κ1) is 17.8. The Hall–Kier alpha value is -1.57. The molecular formula is C10H17N9OS3. The number of amides is 1. The van der Waals surface area contributed by atoms with Crippen molar-refractivity contribution in [2.45, 2.75) is 29.3 Å². The number of unbranched alkanes of at least 4 members (excludes halogenated alkanes) is 1. The quantitative estimate of drug-likeness (QED) is 0.162. The maximum Gasteiger partial charge on any atom is 0.258 e. The number of carbonyl (C=O) groups excluding carboxylic acids is 1. The summed E-state index contributed by atoms with van der Waals surface area (Å²) >= 11 is 4.14. The minimum Gasteiger partial charge on any atom is -0.334 e. The van der Waals surface area contributed by atoms with Crippen LogP contribution in [0.25, 0.3) is 0 Å². The summed E-state index contributed by atoms with van der Waals surface area (Å²) in [5.74, 6) is 12.0. The van der Waals surface area contributed by atoms with Crippen molar-refractivity contribution in [2.75, 3.05) is 28.1 Å². The number of nitrogen functional groups attached to an aromatic ring is 2. The Morgan fingerprint density at radius 2 is 2.13 bits per heavy atom. The largest absolute Gasteiger partial charge is 0.334 e. The van der Waals surface area contributed by atoms with Crippen molar-refractivity contribution in [2.24, 2.45) is 5.84 Å². The predicted molar refractivity (Wildman–Crippen MR) is 92.9 cm³/mol. The van der Waals surface area contributed by atoms with Gasteiger partial charge in [0, 0.05) is 5.75 Å². The zero-order valence-electron chi connectivity index (χ0n) is 12.4. The number of nitrogens with zero attached hydrogens (tertiary/aromatic N) is 5. The lowest BCUT2D eigenvalue weighted by Crippen LogP contribution is -2.19. The molecule has 2 aromatic heterocycles. The molecule has 1 amide bonds. The van der Waals surface area contributed by atoms with Gasteiger partial charge >= 0.3 is 0 Å². The molecular weight excluding hydrogens is 358 g/mol. The van der Waals surface area contributed by atoms with E-state index in [4.69, 9.17) is 11.7 Å². The number of aromatic nitrogens is 5. The summed E-state index contributed by atoms with van der Waals surface area (Å²) in [6.45, 7) is 2.14. The SMILES string of the molecule is CCCCSc1nnc(NC(=O)CSc2nnc(NN)n2N)s1. The summed E-state index contributed by atoms with van der Waals surface area (Å²) in [5.41, 5.74) is 2.30. The molecule has 13 heteroatoms. The van der Waals surface area contributed by atoms with Crippen LogP contribution in [0.2, 0.25) is 0 Å². The molecule has 10 nitrogen and oxygen atoms in total. The number of thioether (sulfide) groups is 2. The molecule has 0 aliphatic heterocycles. The third-order valence-corrected chi connectivity index (χ3v) is 5.50. The number of hydrogen-bond donors (Lipinski definition) is 4. The van der Waals surface area contributed by atoms with Crippen LogP contribution in [0.5, 0.6) is 0 Å². The molecule has 0 radical (unpaired) electrons. The Labute approximate surface area is 145 Å². The van der Waals surface area contributed by atoms with Crippen LogP contribution in [0.1, 0.15) is 19.8 Å². The predicted octanol–water partition coefficient (Wildman–Crippen LogP) is 0.752. The molecule has 0 unspecified atom stereocenters. The summed E-state index contributed by atoms with van der Waals surface area (Å²) in [5, 5.41) is 19.1. The minimum atomic E-state index is -0.221. The fourth-order valence-corrected chi connectivity index (χ4v) is 3.96. The number of carbonyl (C=O) groups is 1. The normalized spacial score (nSPS) is 10.7. The molecule has 0 aromatic carbocycles. The maximum absolute atomic E-state index is 11.9. The molecule has 0 aliphatic carbocycles. The van der Waals surface area contributed by atoms with E-state index < -0.39 is 0 Å². The van der Waals surface area contributed by atoms with Crippen molar-refractivity contribution in [1.29, 1.82) is 0 Å². The molecule has 2 aromatic rings. The molecule has 2 heterocycles. The molecule has 0 saturated carbocycles. The second kappa shape index (κ2) is 8.90. The average Bonchev–Trinajstić information content (AvgIpc) is 3.12. The topological polar surface area (TPSA) is 150 Å². The molecule has 6 N–H and O–H groups in total. The lowest BCUT2D eigenvalue weighted by molar-refractivity contribution is -0.113. The standard InChI is InChI=1S/C10H17N9OS3/c1-2-3-4-21-10-18-16-8(23-10)13-6(20)5-22-9-17-15-7(14-11)19(9)12/h2-5,11-12H2,1H3,(H,14,15)(H,13,16,20). The van der Waals surface area contributed by atoms with Gasteiger partial charge in [-0.1, -0.05) is 48.2 Å². The summed E-state index contributed by atoms with van der Waals surface area (Å²) in [4.78, 5) is 11.9. The number of anilines is 2. The molecule has 0 fully saturated rings. The molecule has 23 heavy (non-hydrogen) atoms. The van der Waals surface area contributed by atoms with Gasteiger partial charge in [0.2, 0.25) is 16.2 Å². The number of hydrogen-bond acceptors (Lipinski definition) is 11. The number of nitrogens with one attached hydrogen (secondary N) is 2. The van der Waals surface area contributed by atoms with E-state index in [1.807, 2.05) is 0 Å². The van der Waals surface area contributed by atoms with Crippen molar-refractivity contribution in [3.63, 3.8) is 0 Å². The van der Waals surface area contributed by atoms with Gasteiger partial charge in [-0.25, -0.2) is 10.5 Å². The second-order valence-corrected chi connectivity index (χ2v) is 7.49. The zero-order valence-corrected chi connectivity index (χ0v) is 14.8. The molecule has 126 valence electrons. The molecule has 2 rings (SSSR count). The highest BCUT2D eigenvalue weighted by molar-refractivity contribution is 8.01. The number of hydrazine groups is 1. The van der Waals surface area contributed by atoms with Crippen molar-refractivity contribution < 1.29 is 4.79 Å². The van der Waals surface area contributed by atoms with E-state index in [9.17, 15) is 4.79 Å². The Morgan fingerprint density at radius 1 is 1.30 bits per heavy atom. The third kappa shape index (κ3) is 5.23. The van der Waals surface area contributed by atoms with Crippen molar-refractivity contribution in [1.82, 2.24) is 25.1 Å². The Kier molecular flexibility index (Phi) is 6.88. The monoisotopic (exact) mass is 375 g/mol. The summed E-state index contributed by atoms with van der Waals surface area (Å²) in [6.07, 6.45) is 2.27. The van der Waals surface area contributed by atoms with Gasteiger partial charge in [0.05, 0.1) is 5.75 Å². The smallest absolute Gasteiger partial charge is 0.258 e. The Bertz CT molecular complexity index is 643. The Morgan fingerprint density at radius 3 is 2.83 bits per heavy atom.